The van der Waals surface area contributed by atoms with E-state index in [2.05, 4.69) is 36.4 Å². The first kappa shape index (κ1) is 8.72. The molecule has 1 heteroatoms. The lowest BCUT2D eigenvalue weighted by Crippen LogP contribution is -2.03. The number of terminal acetylenes is 1. The van der Waals surface area contributed by atoms with E-state index in [1.165, 1.54) is 10.5 Å². The zero-order valence-electron chi connectivity index (χ0n) is 7.71. The summed E-state index contributed by atoms with van der Waals surface area (Å²) in [5.41, 5.74) is 1.43. The molecule has 66 valence electrons. The Morgan fingerprint density at radius 1 is 1.38 bits per heavy atom. The van der Waals surface area contributed by atoms with Gasteiger partial charge in [-0.2, -0.15) is 0 Å². The minimum atomic E-state index is 0.0829. The molecule has 0 nitrogen and oxygen atoms in total. The molecule has 0 amide bonds. The number of benzene rings is 1. The standard InChI is InChI=1S/C12H12S/c1-3-12(8-9-12)10-6-4-5-7-11(10)13-2/h1,4-7H,8-9H2,2H3. The Hall–Kier alpha value is -0.870. The van der Waals surface area contributed by atoms with Crippen LogP contribution in [0.1, 0.15) is 18.4 Å². The molecule has 13 heavy (non-hydrogen) atoms. The van der Waals surface area contributed by atoms with Crippen LogP contribution >= 0.6 is 11.8 Å². The molecule has 0 heterocycles. The first-order chi connectivity index (χ1) is 6.32. The Morgan fingerprint density at radius 3 is 2.62 bits per heavy atom. The Kier molecular flexibility index (Phi) is 2.09. The quantitative estimate of drug-likeness (QED) is 0.507. The van der Waals surface area contributed by atoms with E-state index in [0.29, 0.717) is 0 Å². The highest BCUT2D eigenvalue weighted by Crippen LogP contribution is 2.50. The molecule has 0 spiro atoms. The Morgan fingerprint density at radius 2 is 2.08 bits per heavy atom. The van der Waals surface area contributed by atoms with Gasteiger partial charge in [-0.25, -0.2) is 0 Å². The molecule has 0 aliphatic heterocycles. The molecule has 0 unspecified atom stereocenters. The zero-order chi connectivity index (χ0) is 9.31. The first-order valence-electron chi connectivity index (χ1n) is 4.44. The maximum Gasteiger partial charge on any atom is 0.0572 e. The molecule has 1 aliphatic carbocycles. The summed E-state index contributed by atoms with van der Waals surface area (Å²) in [4.78, 5) is 1.33. The molecule has 0 bridgehead atoms. The highest BCUT2D eigenvalue weighted by Gasteiger charge is 2.43. The Labute approximate surface area is 83.7 Å². The van der Waals surface area contributed by atoms with Crippen LogP contribution in [0.5, 0.6) is 0 Å². The van der Waals surface area contributed by atoms with Gasteiger partial charge in [0.1, 0.15) is 0 Å². The Bertz CT molecular complexity index is 356. The lowest BCUT2D eigenvalue weighted by atomic mass is 9.97. The third-order valence-electron chi connectivity index (χ3n) is 2.65. The lowest BCUT2D eigenvalue weighted by Gasteiger charge is -2.11. The molecule has 0 atom stereocenters. The van der Waals surface area contributed by atoms with E-state index in [9.17, 15) is 0 Å². The van der Waals surface area contributed by atoms with Crippen LogP contribution in [0.3, 0.4) is 0 Å². The summed E-state index contributed by atoms with van der Waals surface area (Å²) in [5.74, 6) is 2.93. The van der Waals surface area contributed by atoms with Crippen molar-refractivity contribution >= 4 is 11.8 Å². The van der Waals surface area contributed by atoms with Gasteiger partial charge in [0.25, 0.3) is 0 Å². The average Bonchev–Trinajstić information content (AvgIpc) is 2.98. The highest BCUT2D eigenvalue weighted by atomic mass is 32.2. The van der Waals surface area contributed by atoms with Gasteiger partial charge >= 0.3 is 0 Å². The van der Waals surface area contributed by atoms with Gasteiger partial charge in [-0.1, -0.05) is 24.1 Å². The molecule has 0 saturated heterocycles. The number of hydrogen-bond donors (Lipinski definition) is 0. The summed E-state index contributed by atoms with van der Waals surface area (Å²) < 4.78 is 0. The van der Waals surface area contributed by atoms with Gasteiger partial charge in [0, 0.05) is 4.90 Å². The largest absolute Gasteiger partial charge is 0.129 e. The smallest absolute Gasteiger partial charge is 0.0572 e. The minimum Gasteiger partial charge on any atom is -0.129 e. The summed E-state index contributed by atoms with van der Waals surface area (Å²) in [6.45, 7) is 0. The number of rotatable bonds is 2. The van der Waals surface area contributed by atoms with Crippen LogP contribution in [0.4, 0.5) is 0 Å². The molecule has 0 N–H and O–H groups in total. The van der Waals surface area contributed by atoms with Crippen molar-refractivity contribution in [2.45, 2.75) is 23.2 Å². The van der Waals surface area contributed by atoms with E-state index in [-0.39, 0.29) is 5.41 Å². The predicted octanol–water partition coefficient (Wildman–Crippen LogP) is 3.07. The van der Waals surface area contributed by atoms with Gasteiger partial charge in [-0.3, -0.25) is 0 Å². The average molecular weight is 188 g/mol. The summed E-state index contributed by atoms with van der Waals surface area (Å²) in [6, 6.07) is 8.46. The molecule has 1 aromatic rings. The summed E-state index contributed by atoms with van der Waals surface area (Å²) >= 11 is 1.78. The van der Waals surface area contributed by atoms with Crippen molar-refractivity contribution in [1.82, 2.24) is 0 Å². The van der Waals surface area contributed by atoms with Crippen LogP contribution in [-0.4, -0.2) is 6.26 Å². The second-order valence-corrected chi connectivity index (χ2v) is 4.27. The van der Waals surface area contributed by atoms with Crippen molar-refractivity contribution in [3.8, 4) is 12.3 Å². The van der Waals surface area contributed by atoms with Crippen molar-refractivity contribution in [3.63, 3.8) is 0 Å². The molecular formula is C12H12S. The predicted molar refractivity (Wildman–Crippen MR) is 58.0 cm³/mol. The fourth-order valence-electron chi connectivity index (χ4n) is 1.66. The van der Waals surface area contributed by atoms with E-state index in [4.69, 9.17) is 6.42 Å². The summed E-state index contributed by atoms with van der Waals surface area (Å²) in [7, 11) is 0. The van der Waals surface area contributed by atoms with Crippen LogP contribution in [-0.2, 0) is 5.41 Å². The van der Waals surface area contributed by atoms with Crippen LogP contribution in [0, 0.1) is 12.3 Å². The zero-order valence-corrected chi connectivity index (χ0v) is 8.53. The number of thioether (sulfide) groups is 1. The lowest BCUT2D eigenvalue weighted by molar-refractivity contribution is 0.898. The monoisotopic (exact) mass is 188 g/mol. The highest BCUT2D eigenvalue weighted by molar-refractivity contribution is 7.98. The van der Waals surface area contributed by atoms with E-state index >= 15 is 0 Å². The summed E-state index contributed by atoms with van der Waals surface area (Å²) in [5, 5.41) is 0. The van der Waals surface area contributed by atoms with E-state index in [1.54, 1.807) is 11.8 Å². The van der Waals surface area contributed by atoms with Crippen LogP contribution in [0.25, 0.3) is 0 Å². The van der Waals surface area contributed by atoms with Gasteiger partial charge in [-0.15, -0.1) is 18.2 Å². The van der Waals surface area contributed by atoms with E-state index in [1.807, 2.05) is 0 Å². The van der Waals surface area contributed by atoms with Crippen LogP contribution in [0.2, 0.25) is 0 Å². The van der Waals surface area contributed by atoms with Gasteiger partial charge in [-0.05, 0) is 30.7 Å². The molecule has 0 aromatic heterocycles. The fourth-order valence-corrected chi connectivity index (χ4v) is 2.35. The SMILES string of the molecule is C#CC1(c2ccccc2SC)CC1. The molecule has 0 radical (unpaired) electrons. The van der Waals surface area contributed by atoms with Crippen molar-refractivity contribution in [1.29, 1.82) is 0 Å². The topological polar surface area (TPSA) is 0 Å². The molecule has 1 aliphatic rings. The second-order valence-electron chi connectivity index (χ2n) is 3.43. The van der Waals surface area contributed by atoms with Crippen LogP contribution < -0.4 is 0 Å². The third-order valence-corrected chi connectivity index (χ3v) is 3.44. The maximum absolute atomic E-state index is 5.57. The summed E-state index contributed by atoms with van der Waals surface area (Å²) in [6.07, 6.45) is 9.98. The first-order valence-corrected chi connectivity index (χ1v) is 5.66. The molecule has 1 saturated carbocycles. The van der Waals surface area contributed by atoms with Crippen molar-refractivity contribution in [2.24, 2.45) is 0 Å². The Balaban J connectivity index is 2.46. The molecule has 1 aromatic carbocycles. The molecule has 2 rings (SSSR count). The van der Waals surface area contributed by atoms with Gasteiger partial charge in [0.15, 0.2) is 0 Å². The van der Waals surface area contributed by atoms with Crippen molar-refractivity contribution in [2.75, 3.05) is 6.26 Å². The maximum atomic E-state index is 5.57. The van der Waals surface area contributed by atoms with Crippen LogP contribution in [0.15, 0.2) is 29.2 Å². The molecule has 1 fully saturated rings. The number of hydrogen-bond acceptors (Lipinski definition) is 1. The van der Waals surface area contributed by atoms with E-state index in [0.717, 1.165) is 12.8 Å². The van der Waals surface area contributed by atoms with Crippen molar-refractivity contribution < 1.29 is 0 Å². The third kappa shape index (κ3) is 1.36. The van der Waals surface area contributed by atoms with Gasteiger partial charge in [0.05, 0.1) is 5.41 Å². The molecular weight excluding hydrogens is 176 g/mol. The minimum absolute atomic E-state index is 0.0829. The second kappa shape index (κ2) is 3.12. The van der Waals surface area contributed by atoms with E-state index < -0.39 is 0 Å². The normalized spacial score (nSPS) is 17.8. The fraction of sp³-hybridized carbons (Fsp3) is 0.333. The van der Waals surface area contributed by atoms with Gasteiger partial charge < -0.3 is 0 Å². The van der Waals surface area contributed by atoms with Gasteiger partial charge in [0.2, 0.25) is 0 Å². The van der Waals surface area contributed by atoms with Crippen molar-refractivity contribution in [3.05, 3.63) is 29.8 Å².